The summed E-state index contributed by atoms with van der Waals surface area (Å²) in [4.78, 5) is 19.5. The molecule has 0 unspecified atom stereocenters. The van der Waals surface area contributed by atoms with E-state index in [1.165, 1.54) is 36.7 Å². The molecule has 204 valence electrons. The molecule has 0 amide bonds. The molecule has 5 rings (SSSR count). The van der Waals surface area contributed by atoms with E-state index in [0.29, 0.717) is 37.8 Å². The number of nitrogens with one attached hydrogen (secondary N) is 1. The van der Waals surface area contributed by atoms with Crippen molar-refractivity contribution in [1.29, 1.82) is 0 Å². The summed E-state index contributed by atoms with van der Waals surface area (Å²) in [5.74, 6) is 0.571. The summed E-state index contributed by atoms with van der Waals surface area (Å²) in [5, 5.41) is 2.99. The first-order valence-electron chi connectivity index (χ1n) is 11.9. The lowest BCUT2D eigenvalue weighted by Crippen LogP contribution is -2.40. The van der Waals surface area contributed by atoms with Gasteiger partial charge in [-0.05, 0) is 49.4 Å². The van der Waals surface area contributed by atoms with Gasteiger partial charge in [-0.3, -0.25) is 9.88 Å². The van der Waals surface area contributed by atoms with Gasteiger partial charge in [0.15, 0.2) is 5.82 Å². The minimum atomic E-state index is -4.63. The number of hydrogen-bond donors (Lipinski definition) is 1. The number of ether oxygens (including phenoxy) is 1. The fourth-order valence-electron chi connectivity index (χ4n) is 4.33. The van der Waals surface area contributed by atoms with E-state index in [1.54, 1.807) is 0 Å². The largest absolute Gasteiger partial charge is 0.418 e. The quantitative estimate of drug-likeness (QED) is 0.303. The number of fused-ring (bicyclic) bond motifs is 1. The van der Waals surface area contributed by atoms with Gasteiger partial charge in [-0.25, -0.2) is 15.0 Å². The average Bonchev–Trinajstić information content (AvgIpc) is 2.88. The number of pyridine rings is 2. The number of alkyl halides is 6. The Kier molecular flexibility index (Phi) is 7.12. The van der Waals surface area contributed by atoms with Crippen LogP contribution in [0.15, 0.2) is 54.9 Å². The molecule has 1 atom stereocenters. The van der Waals surface area contributed by atoms with Crippen molar-refractivity contribution < 1.29 is 31.1 Å². The van der Waals surface area contributed by atoms with E-state index in [9.17, 15) is 26.3 Å². The van der Waals surface area contributed by atoms with Crippen molar-refractivity contribution in [2.24, 2.45) is 0 Å². The minimum Gasteiger partial charge on any atom is -0.376 e. The smallest absolute Gasteiger partial charge is 0.376 e. The van der Waals surface area contributed by atoms with Gasteiger partial charge in [-0.1, -0.05) is 0 Å². The Labute approximate surface area is 218 Å². The Hall–Kier alpha value is -3.84. The molecule has 4 aromatic rings. The molecular weight excluding hydrogens is 526 g/mol. The van der Waals surface area contributed by atoms with E-state index in [2.05, 4.69) is 30.2 Å². The highest BCUT2D eigenvalue weighted by atomic mass is 19.4. The predicted molar refractivity (Wildman–Crippen MR) is 131 cm³/mol. The normalized spacial score (nSPS) is 16.9. The molecule has 4 heterocycles. The fraction of sp³-hybridized carbons (Fsp3) is 0.308. The summed E-state index contributed by atoms with van der Waals surface area (Å²) in [6, 6.07) is 7.99. The molecule has 1 fully saturated rings. The van der Waals surface area contributed by atoms with Gasteiger partial charge in [-0.15, -0.1) is 0 Å². The molecule has 1 aliphatic rings. The highest BCUT2D eigenvalue weighted by molar-refractivity contribution is 5.89. The number of morpholine rings is 1. The van der Waals surface area contributed by atoms with Gasteiger partial charge < -0.3 is 10.1 Å². The van der Waals surface area contributed by atoms with Crippen LogP contribution in [-0.2, 0) is 23.6 Å². The van der Waals surface area contributed by atoms with Crippen LogP contribution >= 0.6 is 0 Å². The van der Waals surface area contributed by atoms with Crippen LogP contribution in [0.5, 0.6) is 0 Å². The number of aromatic nitrogens is 4. The summed E-state index contributed by atoms with van der Waals surface area (Å²) < 4.78 is 85.5. The zero-order valence-corrected chi connectivity index (χ0v) is 20.5. The van der Waals surface area contributed by atoms with Gasteiger partial charge in [0.1, 0.15) is 11.3 Å². The molecule has 0 spiro atoms. The van der Waals surface area contributed by atoms with Gasteiger partial charge in [0.05, 0.1) is 41.6 Å². The second-order valence-electron chi connectivity index (χ2n) is 9.09. The molecule has 1 aliphatic heterocycles. The lowest BCUT2D eigenvalue weighted by molar-refractivity contribution is -0.138. The Bertz CT molecular complexity index is 1480. The standard InChI is InChI=1S/C26H22F6N6O/c1-15-13-38(9-10-39-15)14-21-36-20-11-16(22-19(26(30,31)32)3-2-8-33-22)12-34-23(20)24(37-21)35-18-6-4-17(5-7-18)25(27,28)29/h2-8,11-12,15H,9-10,13-14H2,1H3,(H,35,36,37)/t15-/m1/s1. The number of anilines is 2. The highest BCUT2D eigenvalue weighted by Gasteiger charge is 2.34. The number of halogens is 6. The Morgan fingerprint density at radius 1 is 1.00 bits per heavy atom. The lowest BCUT2D eigenvalue weighted by atomic mass is 10.1. The first-order chi connectivity index (χ1) is 18.5. The summed E-state index contributed by atoms with van der Waals surface area (Å²) in [6.45, 7) is 4.05. The zero-order valence-electron chi connectivity index (χ0n) is 20.5. The molecule has 0 aliphatic carbocycles. The molecule has 7 nitrogen and oxygen atoms in total. The summed E-state index contributed by atoms with van der Waals surface area (Å²) in [6.07, 6.45) is -6.61. The fourth-order valence-corrected chi connectivity index (χ4v) is 4.33. The molecule has 3 aromatic heterocycles. The van der Waals surface area contributed by atoms with Crippen LogP contribution in [0.3, 0.4) is 0 Å². The Morgan fingerprint density at radius 3 is 2.46 bits per heavy atom. The molecule has 0 radical (unpaired) electrons. The number of rotatable bonds is 5. The van der Waals surface area contributed by atoms with Gasteiger partial charge in [0.2, 0.25) is 0 Å². The van der Waals surface area contributed by atoms with Crippen molar-refractivity contribution in [2.45, 2.75) is 31.9 Å². The monoisotopic (exact) mass is 548 g/mol. The highest BCUT2D eigenvalue weighted by Crippen LogP contribution is 2.37. The Balaban J connectivity index is 1.57. The molecule has 0 saturated carbocycles. The van der Waals surface area contributed by atoms with Crippen molar-refractivity contribution in [2.75, 3.05) is 25.0 Å². The Morgan fingerprint density at radius 2 is 1.77 bits per heavy atom. The molecule has 0 bridgehead atoms. The van der Waals surface area contributed by atoms with Gasteiger partial charge in [0, 0.05) is 36.7 Å². The van der Waals surface area contributed by atoms with E-state index in [4.69, 9.17) is 4.74 Å². The molecule has 39 heavy (non-hydrogen) atoms. The SMILES string of the molecule is C[C@@H]1CN(Cc2nc(Nc3ccc(C(F)(F)F)cc3)c3ncc(-c4ncccc4C(F)(F)F)cc3n2)CCO1. The van der Waals surface area contributed by atoms with Crippen LogP contribution in [-0.4, -0.2) is 50.6 Å². The molecule has 1 N–H and O–H groups in total. The molecule has 13 heteroatoms. The third-order valence-corrected chi connectivity index (χ3v) is 6.13. The van der Waals surface area contributed by atoms with E-state index in [0.717, 1.165) is 18.2 Å². The summed E-state index contributed by atoms with van der Waals surface area (Å²) in [7, 11) is 0. The summed E-state index contributed by atoms with van der Waals surface area (Å²) >= 11 is 0. The van der Waals surface area contributed by atoms with Crippen LogP contribution in [0.25, 0.3) is 22.3 Å². The maximum Gasteiger partial charge on any atom is 0.418 e. The maximum absolute atomic E-state index is 13.6. The van der Waals surface area contributed by atoms with E-state index >= 15 is 0 Å². The van der Waals surface area contributed by atoms with E-state index in [1.807, 2.05) is 6.92 Å². The first kappa shape index (κ1) is 26.8. The third kappa shape index (κ3) is 6.09. The van der Waals surface area contributed by atoms with Crippen LogP contribution in [0, 0.1) is 0 Å². The predicted octanol–water partition coefficient (Wildman–Crippen LogP) is 6.09. The molecule has 1 aromatic carbocycles. The third-order valence-electron chi connectivity index (χ3n) is 6.13. The summed E-state index contributed by atoms with van der Waals surface area (Å²) in [5.41, 5.74) is -1.08. The van der Waals surface area contributed by atoms with Crippen LogP contribution < -0.4 is 5.32 Å². The number of hydrogen-bond acceptors (Lipinski definition) is 7. The van der Waals surface area contributed by atoms with Crippen molar-refractivity contribution in [3.63, 3.8) is 0 Å². The molecule has 1 saturated heterocycles. The van der Waals surface area contributed by atoms with E-state index in [-0.39, 0.29) is 34.2 Å². The van der Waals surface area contributed by atoms with Crippen molar-refractivity contribution in [3.8, 4) is 11.3 Å². The minimum absolute atomic E-state index is 0.00200. The second kappa shape index (κ2) is 10.4. The van der Waals surface area contributed by atoms with Gasteiger partial charge >= 0.3 is 12.4 Å². The zero-order chi connectivity index (χ0) is 27.8. The topological polar surface area (TPSA) is 76.1 Å². The van der Waals surface area contributed by atoms with Crippen LogP contribution in [0.2, 0.25) is 0 Å². The van der Waals surface area contributed by atoms with Crippen molar-refractivity contribution in [3.05, 3.63) is 71.8 Å². The maximum atomic E-state index is 13.6. The van der Waals surface area contributed by atoms with Crippen molar-refractivity contribution >= 4 is 22.5 Å². The van der Waals surface area contributed by atoms with E-state index < -0.39 is 23.5 Å². The van der Waals surface area contributed by atoms with Gasteiger partial charge in [-0.2, -0.15) is 26.3 Å². The molecular formula is C26H22F6N6O. The second-order valence-corrected chi connectivity index (χ2v) is 9.09. The van der Waals surface area contributed by atoms with Crippen LogP contribution in [0.4, 0.5) is 37.8 Å². The number of benzene rings is 1. The van der Waals surface area contributed by atoms with Crippen molar-refractivity contribution in [1.82, 2.24) is 24.8 Å². The lowest BCUT2D eigenvalue weighted by Gasteiger charge is -2.30. The van der Waals surface area contributed by atoms with Crippen LogP contribution in [0.1, 0.15) is 23.9 Å². The number of nitrogens with zero attached hydrogens (tertiary/aromatic N) is 5. The first-order valence-corrected chi connectivity index (χ1v) is 11.9. The average molecular weight is 548 g/mol. The van der Waals surface area contributed by atoms with Gasteiger partial charge in [0.25, 0.3) is 0 Å².